The molecule has 2 N–H and O–H groups in total. The molecule has 8 nitrogen and oxygen atoms in total. The summed E-state index contributed by atoms with van der Waals surface area (Å²) in [5, 5.41) is 13.5. The van der Waals surface area contributed by atoms with Crippen LogP contribution < -0.4 is 5.32 Å². The van der Waals surface area contributed by atoms with Gasteiger partial charge in [-0.15, -0.1) is 22.7 Å². The summed E-state index contributed by atoms with van der Waals surface area (Å²) >= 11 is 6.19. The van der Waals surface area contributed by atoms with Crippen LogP contribution in [0.25, 0.3) is 0 Å². The summed E-state index contributed by atoms with van der Waals surface area (Å²) in [4.78, 5) is 44.0. The first-order valence-electron chi connectivity index (χ1n) is 8.73. The van der Waals surface area contributed by atoms with Gasteiger partial charge in [-0.1, -0.05) is 0 Å². The van der Waals surface area contributed by atoms with Crippen LogP contribution in [0.15, 0.2) is 22.1 Å². The highest BCUT2D eigenvalue weighted by atomic mass is 79.9. The molecule has 0 saturated carbocycles. The van der Waals surface area contributed by atoms with E-state index in [4.69, 9.17) is 5.11 Å². The van der Waals surface area contributed by atoms with E-state index in [1.165, 1.54) is 11.3 Å². The van der Waals surface area contributed by atoms with Gasteiger partial charge in [0.2, 0.25) is 5.91 Å². The third-order valence-corrected chi connectivity index (χ3v) is 7.51. The largest absolute Gasteiger partial charge is 0.465 e. The molecule has 1 unspecified atom stereocenters. The summed E-state index contributed by atoms with van der Waals surface area (Å²) in [6, 6.07) is 2.71. The number of anilines is 1. The molecule has 3 amide bonds. The number of carbonyl (C=O) groups is 3. The standard InChI is InChI=1S/C17H17BrN4O4S2/c18-12-6-19-15(28-12)9-7-21(8-9)16(24)11-3-4-13(27-11)20-14(23)10-2-1-5-22(10)17(25)26/h3-4,6,9-10H,1-2,5,7-8H2,(H,20,23)(H,25,26). The second-order valence-corrected chi connectivity index (χ2v) is 10.2. The second kappa shape index (κ2) is 7.80. The zero-order valence-electron chi connectivity index (χ0n) is 14.6. The van der Waals surface area contributed by atoms with Gasteiger partial charge in [-0.25, -0.2) is 9.78 Å². The molecule has 0 radical (unpaired) electrons. The Hall–Kier alpha value is -1.98. The number of likely N-dealkylation sites (tertiary alicyclic amines) is 2. The molecule has 4 rings (SSSR count). The molecule has 0 spiro atoms. The molecule has 0 aliphatic carbocycles. The predicted molar refractivity (Wildman–Crippen MR) is 109 cm³/mol. The molecule has 2 saturated heterocycles. The van der Waals surface area contributed by atoms with Crippen LogP contribution in [0.3, 0.4) is 0 Å². The maximum Gasteiger partial charge on any atom is 0.407 e. The normalized spacial score (nSPS) is 19.5. The van der Waals surface area contributed by atoms with Crippen LogP contribution in [0.2, 0.25) is 0 Å². The number of hydrogen-bond donors (Lipinski definition) is 2. The molecule has 2 fully saturated rings. The van der Waals surface area contributed by atoms with E-state index in [0.717, 1.165) is 13.7 Å². The number of thiophene rings is 1. The van der Waals surface area contributed by atoms with E-state index in [0.29, 0.717) is 42.4 Å². The maximum atomic E-state index is 12.6. The Kier molecular flexibility index (Phi) is 5.39. The van der Waals surface area contributed by atoms with Gasteiger partial charge in [-0.05, 0) is 40.9 Å². The van der Waals surface area contributed by atoms with E-state index in [-0.39, 0.29) is 17.7 Å². The van der Waals surface area contributed by atoms with Gasteiger partial charge in [0, 0.05) is 25.6 Å². The first kappa shape index (κ1) is 19.3. The molecule has 2 aliphatic heterocycles. The van der Waals surface area contributed by atoms with Crippen molar-refractivity contribution >= 4 is 61.5 Å². The van der Waals surface area contributed by atoms with Crippen LogP contribution in [0, 0.1) is 0 Å². The maximum absolute atomic E-state index is 12.6. The van der Waals surface area contributed by atoms with Crippen molar-refractivity contribution in [3.8, 4) is 0 Å². The lowest BCUT2D eigenvalue weighted by atomic mass is 10.0. The SMILES string of the molecule is O=C(Nc1ccc(C(=O)N2CC(c3ncc(Br)s3)C2)s1)C1CCCN1C(=O)O. The second-order valence-electron chi connectivity index (χ2n) is 6.70. The molecule has 0 bridgehead atoms. The summed E-state index contributed by atoms with van der Waals surface area (Å²) < 4.78 is 0.981. The number of aromatic nitrogens is 1. The molecule has 28 heavy (non-hydrogen) atoms. The van der Waals surface area contributed by atoms with Crippen molar-refractivity contribution in [3.05, 3.63) is 32.0 Å². The Morgan fingerprint density at radius 3 is 2.71 bits per heavy atom. The van der Waals surface area contributed by atoms with Crippen molar-refractivity contribution in [2.24, 2.45) is 0 Å². The van der Waals surface area contributed by atoms with Crippen LogP contribution >= 0.6 is 38.6 Å². The van der Waals surface area contributed by atoms with Gasteiger partial charge >= 0.3 is 6.09 Å². The number of amides is 3. The van der Waals surface area contributed by atoms with E-state index in [1.807, 2.05) is 0 Å². The number of nitrogens with zero attached hydrogens (tertiary/aromatic N) is 3. The van der Waals surface area contributed by atoms with Crippen molar-refractivity contribution in [2.75, 3.05) is 25.0 Å². The molecule has 11 heteroatoms. The van der Waals surface area contributed by atoms with Crippen LogP contribution in [-0.4, -0.2) is 63.5 Å². The Labute approximate surface area is 177 Å². The Morgan fingerprint density at radius 2 is 2.04 bits per heavy atom. The first-order chi connectivity index (χ1) is 13.4. The monoisotopic (exact) mass is 484 g/mol. The van der Waals surface area contributed by atoms with Gasteiger partial charge in [-0.3, -0.25) is 14.5 Å². The number of hydrogen-bond acceptors (Lipinski definition) is 6. The molecule has 2 aliphatic rings. The van der Waals surface area contributed by atoms with Crippen LogP contribution in [0.1, 0.15) is 33.4 Å². The Bertz CT molecular complexity index is 924. The zero-order valence-corrected chi connectivity index (χ0v) is 17.8. The van der Waals surface area contributed by atoms with E-state index >= 15 is 0 Å². The summed E-state index contributed by atoms with van der Waals surface area (Å²) in [5.74, 6) is -0.145. The third kappa shape index (κ3) is 3.78. The fraction of sp³-hybridized carbons (Fsp3) is 0.412. The summed E-state index contributed by atoms with van der Waals surface area (Å²) in [7, 11) is 0. The van der Waals surface area contributed by atoms with E-state index in [2.05, 4.69) is 26.2 Å². The van der Waals surface area contributed by atoms with Crippen LogP contribution in [0.4, 0.5) is 9.80 Å². The van der Waals surface area contributed by atoms with Crippen molar-refractivity contribution < 1.29 is 19.5 Å². The molecule has 4 heterocycles. The highest BCUT2D eigenvalue weighted by Crippen LogP contribution is 2.34. The van der Waals surface area contributed by atoms with Gasteiger partial charge in [0.25, 0.3) is 5.91 Å². The smallest absolute Gasteiger partial charge is 0.407 e. The number of carbonyl (C=O) groups excluding carboxylic acids is 2. The lowest BCUT2D eigenvalue weighted by Crippen LogP contribution is -2.48. The topological polar surface area (TPSA) is 103 Å². The molecular weight excluding hydrogens is 468 g/mol. The molecule has 0 aromatic carbocycles. The number of rotatable bonds is 4. The molecule has 2 aromatic rings. The Morgan fingerprint density at radius 1 is 1.25 bits per heavy atom. The van der Waals surface area contributed by atoms with Crippen molar-refractivity contribution in [1.29, 1.82) is 0 Å². The van der Waals surface area contributed by atoms with Gasteiger partial charge < -0.3 is 15.3 Å². The number of nitrogens with one attached hydrogen (secondary N) is 1. The van der Waals surface area contributed by atoms with E-state index < -0.39 is 12.1 Å². The van der Waals surface area contributed by atoms with E-state index in [9.17, 15) is 14.4 Å². The molecule has 148 valence electrons. The van der Waals surface area contributed by atoms with Gasteiger partial charge in [0.15, 0.2) is 0 Å². The number of halogens is 1. The fourth-order valence-corrected chi connectivity index (χ4v) is 5.61. The summed E-state index contributed by atoms with van der Waals surface area (Å²) in [6.45, 7) is 1.63. The lowest BCUT2D eigenvalue weighted by molar-refractivity contribution is -0.119. The summed E-state index contributed by atoms with van der Waals surface area (Å²) in [6.07, 6.45) is 1.87. The Balaban J connectivity index is 1.34. The highest BCUT2D eigenvalue weighted by Gasteiger charge is 2.36. The molecular formula is C17H17BrN4O4S2. The van der Waals surface area contributed by atoms with Crippen LogP contribution in [-0.2, 0) is 4.79 Å². The quantitative estimate of drug-likeness (QED) is 0.692. The molecule has 2 aromatic heterocycles. The van der Waals surface area contributed by atoms with E-state index in [1.54, 1.807) is 34.6 Å². The minimum absolute atomic E-state index is 0.0644. The number of carboxylic acid groups (broad SMARTS) is 1. The number of thiazole rings is 1. The highest BCUT2D eigenvalue weighted by molar-refractivity contribution is 9.11. The fourth-order valence-electron chi connectivity index (χ4n) is 3.41. The zero-order chi connectivity index (χ0) is 19.8. The average molecular weight is 485 g/mol. The summed E-state index contributed by atoms with van der Waals surface area (Å²) in [5.41, 5.74) is 0. The lowest BCUT2D eigenvalue weighted by Gasteiger charge is -2.37. The minimum Gasteiger partial charge on any atom is -0.465 e. The minimum atomic E-state index is -1.08. The predicted octanol–water partition coefficient (Wildman–Crippen LogP) is 3.29. The van der Waals surface area contributed by atoms with Gasteiger partial charge in [-0.2, -0.15) is 0 Å². The van der Waals surface area contributed by atoms with Crippen molar-refractivity contribution in [3.63, 3.8) is 0 Å². The van der Waals surface area contributed by atoms with Crippen molar-refractivity contribution in [2.45, 2.75) is 24.8 Å². The van der Waals surface area contributed by atoms with Crippen molar-refractivity contribution in [1.82, 2.24) is 14.8 Å². The first-order valence-corrected chi connectivity index (χ1v) is 11.2. The van der Waals surface area contributed by atoms with Gasteiger partial charge in [0.1, 0.15) is 11.0 Å². The van der Waals surface area contributed by atoms with Gasteiger partial charge in [0.05, 0.1) is 19.9 Å². The third-order valence-electron chi connectivity index (χ3n) is 4.88. The van der Waals surface area contributed by atoms with Crippen LogP contribution in [0.5, 0.6) is 0 Å². The molecule has 1 atom stereocenters. The average Bonchev–Trinajstić information content (AvgIpc) is 3.33.